The van der Waals surface area contributed by atoms with E-state index in [4.69, 9.17) is 19.4 Å². The number of nitrogens with one attached hydrogen (secondary N) is 1. The van der Waals surface area contributed by atoms with E-state index in [2.05, 4.69) is 25.9 Å². The van der Waals surface area contributed by atoms with Crippen LogP contribution in [0.4, 0.5) is 23.5 Å². The summed E-state index contributed by atoms with van der Waals surface area (Å²) in [5.41, 5.74) is 2.74. The highest BCUT2D eigenvalue weighted by molar-refractivity contribution is 6.08. The van der Waals surface area contributed by atoms with E-state index in [1.807, 2.05) is 23.6 Å². The molecule has 2 amide bonds. The second-order valence-electron chi connectivity index (χ2n) is 17.8. The lowest BCUT2D eigenvalue weighted by atomic mass is 9.90. The number of benzene rings is 3. The normalized spacial score (nSPS) is 15.2. The van der Waals surface area contributed by atoms with Gasteiger partial charge >= 0.3 is 5.97 Å². The number of aromatic hydroxyl groups is 1. The van der Waals surface area contributed by atoms with Gasteiger partial charge in [0.05, 0.1) is 23.1 Å². The first-order valence-electron chi connectivity index (χ1n) is 23.0. The zero-order valence-corrected chi connectivity index (χ0v) is 38.7. The summed E-state index contributed by atoms with van der Waals surface area (Å²) in [6.07, 6.45) is 3.41. The van der Waals surface area contributed by atoms with Crippen molar-refractivity contribution in [1.82, 2.24) is 54.7 Å². The van der Waals surface area contributed by atoms with Crippen LogP contribution in [0.25, 0.3) is 33.4 Å². The number of hydrogen-bond acceptors (Lipinski definition) is 18. The Morgan fingerprint density at radius 2 is 1.47 bits per heavy atom. The fraction of sp³-hybridized carbons (Fsp3) is 0.383. The molecule has 23 heteroatoms. The van der Waals surface area contributed by atoms with Gasteiger partial charge in [-0.05, 0) is 54.8 Å². The molecule has 2 fully saturated rings. The summed E-state index contributed by atoms with van der Waals surface area (Å²) in [5.74, 6) is -0.655. The third-order valence-corrected chi connectivity index (χ3v) is 12.3. The molecule has 70 heavy (non-hydrogen) atoms. The molecule has 6 heterocycles. The lowest BCUT2D eigenvalue weighted by molar-refractivity contribution is -0.137. The quantitative estimate of drug-likeness (QED) is 0.0923. The van der Waals surface area contributed by atoms with Gasteiger partial charge < -0.3 is 49.8 Å². The topological polar surface area (TPSA) is 287 Å². The van der Waals surface area contributed by atoms with Gasteiger partial charge in [-0.2, -0.15) is 15.0 Å². The number of phenolic OH excluding ortho intramolecular Hbond substituents is 1. The second-order valence-corrected chi connectivity index (χ2v) is 17.8. The van der Waals surface area contributed by atoms with Crippen LogP contribution in [-0.4, -0.2) is 158 Å². The molecule has 5 N–H and O–H groups in total. The molecule has 9 rings (SSSR count). The number of fused-ring (bicyclic) bond motifs is 2. The number of carbonyl (C=O) groups excluding carboxylic acids is 2. The summed E-state index contributed by atoms with van der Waals surface area (Å²) in [5, 5.41) is 60.3. The van der Waals surface area contributed by atoms with Crippen LogP contribution in [0.3, 0.4) is 0 Å². The highest BCUT2D eigenvalue weighted by Crippen LogP contribution is 2.42. The Balaban J connectivity index is 0.993. The second kappa shape index (κ2) is 19.9. The number of rotatable bonds is 15. The number of aliphatic hydroxyl groups excluding tert-OH is 2. The first kappa shape index (κ1) is 47.0. The Morgan fingerprint density at radius 1 is 0.786 bits per heavy atom. The average Bonchev–Trinajstić information content (AvgIpc) is 3.99. The standard InChI is InChI=1S/C47H52N14O9/c1-27(2)42(61-25-30(10-19-62)52-55-61)43(67)57-13-17-59(18-14-57)47-50-45(49-46(51-47)58-15-11-56(12-16-58)40(66)26-60-24-31(53-54-60)20-28(3)63)48-29-4-7-34(37(21-29)44(68)69)41-35-8-5-32(64)22-38(35)70-39-23-33(65)6-9-36(39)41/h4-9,21-25,27-28,42,62-64H,10-20,26H2,1-3H3,(H,68,69)(H,48,49,50,51)/t28?,42-/m0/s1. The van der Waals surface area contributed by atoms with Crippen LogP contribution in [-0.2, 0) is 29.0 Å². The Bertz CT molecular complexity index is 3080. The monoisotopic (exact) mass is 956 g/mol. The molecule has 3 aromatic heterocycles. The van der Waals surface area contributed by atoms with E-state index in [0.717, 1.165) is 0 Å². The lowest BCUT2D eigenvalue weighted by Crippen LogP contribution is -2.52. The number of anilines is 4. The van der Waals surface area contributed by atoms with Crippen molar-refractivity contribution in [2.75, 3.05) is 74.1 Å². The molecule has 4 aliphatic rings. The minimum absolute atomic E-state index is 0.0133. The number of hydrogen-bond donors (Lipinski definition) is 5. The summed E-state index contributed by atoms with van der Waals surface area (Å²) < 4.78 is 9.02. The molecule has 23 nitrogen and oxygen atoms in total. The summed E-state index contributed by atoms with van der Waals surface area (Å²) >= 11 is 0. The van der Waals surface area contributed by atoms with Gasteiger partial charge in [0.15, 0.2) is 5.43 Å². The summed E-state index contributed by atoms with van der Waals surface area (Å²) in [6, 6.07) is 13.0. The van der Waals surface area contributed by atoms with Crippen LogP contribution in [0.5, 0.6) is 5.75 Å². The maximum absolute atomic E-state index is 14.0. The van der Waals surface area contributed by atoms with Gasteiger partial charge in [-0.1, -0.05) is 30.3 Å². The van der Waals surface area contributed by atoms with Crippen molar-refractivity contribution in [2.24, 2.45) is 5.92 Å². The van der Waals surface area contributed by atoms with Crippen molar-refractivity contribution < 1.29 is 39.2 Å². The first-order valence-corrected chi connectivity index (χ1v) is 23.0. The summed E-state index contributed by atoms with van der Waals surface area (Å²) in [4.78, 5) is 74.8. The molecule has 2 aromatic carbocycles. The van der Waals surface area contributed by atoms with E-state index in [0.29, 0.717) is 116 Å². The molecule has 2 atom stereocenters. The SMILES string of the molecule is CC(O)Cc1cn(CC(=O)N2CCN(c3nc(Nc4ccc(-c5c6ccc(=O)cc-6oc6cc(O)ccc56)c(C(=O)O)c4)nc(N4CCN(C(=O)[C@H](C(C)C)n5cc(CCO)nn5)CC4)n3)CC2)nn1. The molecule has 3 aliphatic heterocycles. The largest absolute Gasteiger partial charge is 0.508 e. The number of aromatic carboxylic acids is 1. The van der Waals surface area contributed by atoms with Crippen molar-refractivity contribution in [2.45, 2.75) is 52.3 Å². The van der Waals surface area contributed by atoms with Crippen molar-refractivity contribution in [1.29, 1.82) is 0 Å². The van der Waals surface area contributed by atoms with E-state index in [1.165, 1.54) is 35.0 Å². The lowest BCUT2D eigenvalue weighted by Gasteiger charge is -2.38. The molecule has 0 radical (unpaired) electrons. The Labute approximate surface area is 399 Å². The molecule has 1 aliphatic carbocycles. The van der Waals surface area contributed by atoms with Crippen LogP contribution in [0.15, 0.2) is 76.2 Å². The van der Waals surface area contributed by atoms with Gasteiger partial charge in [-0.3, -0.25) is 14.4 Å². The van der Waals surface area contributed by atoms with Crippen LogP contribution >= 0.6 is 0 Å². The van der Waals surface area contributed by atoms with Crippen molar-refractivity contribution in [3.05, 3.63) is 94.2 Å². The molecular weight excluding hydrogens is 905 g/mol. The molecule has 5 aromatic rings. The molecule has 0 saturated carbocycles. The number of carboxylic acid groups (broad SMARTS) is 1. The molecule has 2 saturated heterocycles. The number of nitrogens with zero attached hydrogens (tertiary/aromatic N) is 13. The van der Waals surface area contributed by atoms with Crippen molar-refractivity contribution in [3.8, 4) is 28.2 Å². The van der Waals surface area contributed by atoms with E-state index in [1.54, 1.807) is 58.1 Å². The molecule has 364 valence electrons. The van der Waals surface area contributed by atoms with E-state index < -0.39 is 18.1 Å². The van der Waals surface area contributed by atoms with Crippen molar-refractivity contribution in [3.63, 3.8) is 0 Å². The number of amides is 2. The minimum atomic E-state index is -1.23. The number of carboxylic acids is 1. The highest BCUT2D eigenvalue weighted by Gasteiger charge is 2.33. The number of aliphatic hydroxyl groups is 2. The Hall–Kier alpha value is -8.05. The molecular formula is C47H52N14O9. The minimum Gasteiger partial charge on any atom is -0.508 e. The summed E-state index contributed by atoms with van der Waals surface area (Å²) in [7, 11) is 0. The fourth-order valence-corrected chi connectivity index (χ4v) is 8.89. The Kier molecular flexibility index (Phi) is 13.4. The van der Waals surface area contributed by atoms with Crippen LogP contribution in [0, 0.1) is 5.92 Å². The maximum atomic E-state index is 14.0. The van der Waals surface area contributed by atoms with Crippen LogP contribution in [0.1, 0.15) is 48.6 Å². The van der Waals surface area contributed by atoms with Gasteiger partial charge in [0.2, 0.25) is 29.7 Å². The van der Waals surface area contributed by atoms with E-state index in [9.17, 15) is 39.6 Å². The van der Waals surface area contributed by atoms with Crippen LogP contribution < -0.4 is 20.5 Å². The molecule has 0 bridgehead atoms. The highest BCUT2D eigenvalue weighted by atomic mass is 16.4. The smallest absolute Gasteiger partial charge is 0.336 e. The number of carbonyl (C=O) groups is 3. The number of phenols is 1. The van der Waals surface area contributed by atoms with Gasteiger partial charge in [0, 0.05) is 119 Å². The zero-order chi connectivity index (χ0) is 49.2. The van der Waals surface area contributed by atoms with E-state index >= 15 is 0 Å². The Morgan fingerprint density at radius 3 is 2.14 bits per heavy atom. The van der Waals surface area contributed by atoms with Gasteiger partial charge in [-0.15, -0.1) is 10.2 Å². The molecule has 1 unspecified atom stereocenters. The fourth-order valence-electron chi connectivity index (χ4n) is 8.89. The molecule has 0 spiro atoms. The first-order chi connectivity index (χ1) is 33.7. The predicted molar refractivity (Wildman–Crippen MR) is 254 cm³/mol. The van der Waals surface area contributed by atoms with Crippen molar-refractivity contribution >= 4 is 52.3 Å². The van der Waals surface area contributed by atoms with E-state index in [-0.39, 0.29) is 64.9 Å². The summed E-state index contributed by atoms with van der Waals surface area (Å²) in [6.45, 7) is 8.40. The van der Waals surface area contributed by atoms with Crippen LogP contribution in [0.2, 0.25) is 0 Å². The van der Waals surface area contributed by atoms with Gasteiger partial charge in [0.1, 0.15) is 29.7 Å². The maximum Gasteiger partial charge on any atom is 0.336 e. The third kappa shape index (κ3) is 10.1. The zero-order valence-electron chi connectivity index (χ0n) is 38.7. The van der Waals surface area contributed by atoms with Gasteiger partial charge in [-0.25, -0.2) is 14.2 Å². The predicted octanol–water partition coefficient (Wildman–Crippen LogP) is 2.43. The third-order valence-electron chi connectivity index (χ3n) is 12.3. The van der Waals surface area contributed by atoms with Gasteiger partial charge in [0.25, 0.3) is 0 Å². The number of piperazine rings is 2. The average molecular weight is 957 g/mol. The number of aromatic nitrogens is 9.